The van der Waals surface area contributed by atoms with E-state index in [2.05, 4.69) is 21.2 Å². The van der Waals surface area contributed by atoms with Crippen molar-refractivity contribution >= 4 is 27.3 Å². The van der Waals surface area contributed by atoms with Crippen molar-refractivity contribution in [1.82, 2.24) is 0 Å². The van der Waals surface area contributed by atoms with Gasteiger partial charge in [-0.1, -0.05) is 0 Å². The highest BCUT2D eigenvalue weighted by Crippen LogP contribution is 2.35. The number of methoxy groups -OCH3 is 1. The molecule has 1 N–H and O–H groups in total. The van der Waals surface area contributed by atoms with Crippen molar-refractivity contribution in [3.05, 3.63) is 52.5 Å². The number of hydrogen-bond acceptors (Lipinski definition) is 2. The number of benzene rings is 2. The average molecular weight is 314 g/mol. The summed E-state index contributed by atoms with van der Waals surface area (Å²) in [7, 11) is 1.46. The molecule has 5 heteroatoms. The number of ether oxygens (including phenoxy) is 1. The summed E-state index contributed by atoms with van der Waals surface area (Å²) in [5, 5.41) is 2.98. The molecule has 0 aliphatic heterocycles. The molecule has 94 valence electrons. The Balaban J connectivity index is 2.34. The lowest BCUT2D eigenvalue weighted by atomic mass is 10.2. The van der Waals surface area contributed by atoms with Gasteiger partial charge in [0.15, 0.2) is 0 Å². The maximum atomic E-state index is 13.4. The quantitative estimate of drug-likeness (QED) is 0.902. The molecule has 0 aliphatic carbocycles. The second kappa shape index (κ2) is 5.35. The Kier molecular flexibility index (Phi) is 3.81. The molecule has 0 amide bonds. The Morgan fingerprint density at radius 3 is 2.33 bits per heavy atom. The Labute approximate surface area is 112 Å². The van der Waals surface area contributed by atoms with E-state index in [4.69, 9.17) is 4.74 Å². The summed E-state index contributed by atoms with van der Waals surface area (Å²) in [4.78, 5) is 0. The Morgan fingerprint density at radius 1 is 1.06 bits per heavy atom. The first-order valence-corrected chi connectivity index (χ1v) is 5.95. The predicted octanol–water partition coefficient (Wildman–Crippen LogP) is 4.48. The van der Waals surface area contributed by atoms with Crippen LogP contribution in [0.1, 0.15) is 0 Å². The molecule has 0 atom stereocenters. The fourth-order valence-corrected chi connectivity index (χ4v) is 1.98. The summed E-state index contributed by atoms with van der Waals surface area (Å²) in [6, 6.07) is 8.40. The van der Waals surface area contributed by atoms with Crippen molar-refractivity contribution in [3.63, 3.8) is 0 Å². The standard InChI is InChI=1S/C13H10BrF2NO/c1-18-12-7-9(16)6-11(13(12)14)17-10-4-2-8(15)3-5-10/h2-7,17H,1H3. The first-order valence-electron chi connectivity index (χ1n) is 5.16. The molecule has 2 nitrogen and oxygen atoms in total. The largest absolute Gasteiger partial charge is 0.495 e. The van der Waals surface area contributed by atoms with Gasteiger partial charge in [0.2, 0.25) is 0 Å². The van der Waals surface area contributed by atoms with E-state index in [-0.39, 0.29) is 5.82 Å². The van der Waals surface area contributed by atoms with E-state index in [0.717, 1.165) is 0 Å². The summed E-state index contributed by atoms with van der Waals surface area (Å²) in [5.74, 6) is -0.351. The van der Waals surface area contributed by atoms with Crippen LogP contribution in [-0.4, -0.2) is 7.11 Å². The van der Waals surface area contributed by atoms with Crippen LogP contribution < -0.4 is 10.1 Å². The van der Waals surface area contributed by atoms with E-state index in [0.29, 0.717) is 21.6 Å². The van der Waals surface area contributed by atoms with Crippen molar-refractivity contribution in [2.75, 3.05) is 12.4 Å². The summed E-state index contributed by atoms with van der Waals surface area (Å²) in [5.41, 5.74) is 1.17. The van der Waals surface area contributed by atoms with E-state index in [1.54, 1.807) is 12.1 Å². The van der Waals surface area contributed by atoms with Gasteiger partial charge in [-0.3, -0.25) is 0 Å². The number of halogens is 3. The molecule has 0 saturated heterocycles. The van der Waals surface area contributed by atoms with E-state index >= 15 is 0 Å². The summed E-state index contributed by atoms with van der Waals surface area (Å²) < 4.78 is 31.8. The molecule has 0 aliphatic rings. The second-order valence-corrected chi connectivity index (χ2v) is 4.39. The first-order chi connectivity index (χ1) is 8.60. The lowest BCUT2D eigenvalue weighted by Crippen LogP contribution is -1.95. The zero-order valence-electron chi connectivity index (χ0n) is 9.51. The molecule has 0 unspecified atom stereocenters. The van der Waals surface area contributed by atoms with Crippen LogP contribution in [0.15, 0.2) is 40.9 Å². The molecule has 2 aromatic carbocycles. The summed E-state index contributed by atoms with van der Waals surface area (Å²) in [6.45, 7) is 0. The lowest BCUT2D eigenvalue weighted by Gasteiger charge is -2.11. The van der Waals surface area contributed by atoms with Gasteiger partial charge in [0.05, 0.1) is 17.3 Å². The number of nitrogens with one attached hydrogen (secondary N) is 1. The van der Waals surface area contributed by atoms with Crippen LogP contribution in [-0.2, 0) is 0 Å². The maximum Gasteiger partial charge on any atom is 0.138 e. The van der Waals surface area contributed by atoms with Gasteiger partial charge in [-0.15, -0.1) is 0 Å². The highest BCUT2D eigenvalue weighted by molar-refractivity contribution is 9.10. The molecule has 0 bridgehead atoms. The first kappa shape index (κ1) is 12.8. The normalized spacial score (nSPS) is 10.2. The van der Waals surface area contributed by atoms with E-state index in [9.17, 15) is 8.78 Å². The molecule has 0 saturated carbocycles. The second-order valence-electron chi connectivity index (χ2n) is 3.60. The van der Waals surface area contributed by atoms with Gasteiger partial charge in [0.1, 0.15) is 17.4 Å². The van der Waals surface area contributed by atoms with Crippen molar-refractivity contribution in [3.8, 4) is 5.75 Å². The number of anilines is 2. The Morgan fingerprint density at radius 2 is 1.72 bits per heavy atom. The minimum Gasteiger partial charge on any atom is -0.495 e. The van der Waals surface area contributed by atoms with Crippen molar-refractivity contribution in [2.45, 2.75) is 0 Å². The third-order valence-corrected chi connectivity index (χ3v) is 3.17. The molecule has 0 spiro atoms. The lowest BCUT2D eigenvalue weighted by molar-refractivity contribution is 0.409. The molecule has 2 aromatic rings. The molecule has 0 aromatic heterocycles. The van der Waals surface area contributed by atoms with Gasteiger partial charge in [-0.2, -0.15) is 0 Å². The van der Waals surface area contributed by atoms with Crippen LogP contribution in [0, 0.1) is 11.6 Å². The van der Waals surface area contributed by atoms with Crippen LogP contribution in [0.25, 0.3) is 0 Å². The van der Waals surface area contributed by atoms with E-state index < -0.39 is 5.82 Å². The number of rotatable bonds is 3. The van der Waals surface area contributed by atoms with Gasteiger partial charge in [-0.25, -0.2) is 8.78 Å². The monoisotopic (exact) mass is 313 g/mol. The number of hydrogen-bond donors (Lipinski definition) is 1. The van der Waals surface area contributed by atoms with Gasteiger partial charge < -0.3 is 10.1 Å². The minimum absolute atomic E-state index is 0.323. The van der Waals surface area contributed by atoms with Crippen molar-refractivity contribution in [2.24, 2.45) is 0 Å². The molecule has 2 rings (SSSR count). The molecule has 0 heterocycles. The summed E-state index contributed by atoms with van der Waals surface area (Å²) >= 11 is 3.32. The van der Waals surface area contributed by atoms with Crippen LogP contribution in [0.3, 0.4) is 0 Å². The molecule has 0 radical (unpaired) electrons. The maximum absolute atomic E-state index is 13.4. The van der Waals surface area contributed by atoms with E-state index in [1.807, 2.05) is 0 Å². The molecule has 18 heavy (non-hydrogen) atoms. The van der Waals surface area contributed by atoms with Crippen LogP contribution >= 0.6 is 15.9 Å². The molecule has 0 fully saturated rings. The Hall–Kier alpha value is -1.62. The van der Waals surface area contributed by atoms with Gasteiger partial charge in [0.25, 0.3) is 0 Å². The fraction of sp³-hybridized carbons (Fsp3) is 0.0769. The summed E-state index contributed by atoms with van der Waals surface area (Å²) in [6.07, 6.45) is 0. The van der Waals surface area contributed by atoms with Gasteiger partial charge in [-0.05, 0) is 46.3 Å². The Bertz CT molecular complexity index is 558. The highest BCUT2D eigenvalue weighted by Gasteiger charge is 2.09. The third-order valence-electron chi connectivity index (χ3n) is 2.35. The zero-order chi connectivity index (χ0) is 13.1. The fourth-order valence-electron chi connectivity index (χ4n) is 1.49. The smallest absolute Gasteiger partial charge is 0.138 e. The van der Waals surface area contributed by atoms with Gasteiger partial charge >= 0.3 is 0 Å². The van der Waals surface area contributed by atoms with Crippen LogP contribution in [0.5, 0.6) is 5.75 Å². The topological polar surface area (TPSA) is 21.3 Å². The van der Waals surface area contributed by atoms with Crippen molar-refractivity contribution < 1.29 is 13.5 Å². The molecular formula is C13H10BrF2NO. The average Bonchev–Trinajstić information content (AvgIpc) is 2.36. The van der Waals surface area contributed by atoms with E-state index in [1.165, 1.54) is 31.4 Å². The van der Waals surface area contributed by atoms with Crippen LogP contribution in [0.2, 0.25) is 0 Å². The highest BCUT2D eigenvalue weighted by atomic mass is 79.9. The SMILES string of the molecule is COc1cc(F)cc(Nc2ccc(F)cc2)c1Br. The predicted molar refractivity (Wildman–Crippen MR) is 70.3 cm³/mol. The molecular weight excluding hydrogens is 304 g/mol. The third kappa shape index (κ3) is 2.79. The van der Waals surface area contributed by atoms with Crippen LogP contribution in [0.4, 0.5) is 20.2 Å². The zero-order valence-corrected chi connectivity index (χ0v) is 11.1. The van der Waals surface area contributed by atoms with Gasteiger partial charge in [0, 0.05) is 11.8 Å². The minimum atomic E-state index is -0.417. The van der Waals surface area contributed by atoms with Crippen molar-refractivity contribution in [1.29, 1.82) is 0 Å².